The second kappa shape index (κ2) is 6.83. The Labute approximate surface area is 155 Å². The van der Waals surface area contributed by atoms with Crippen molar-refractivity contribution >= 4 is 39.8 Å². The molecular weight excluding hydrogens is 352 g/mol. The summed E-state index contributed by atoms with van der Waals surface area (Å²) in [6.45, 7) is 7.93. The number of amidine groups is 1. The topological polar surface area (TPSA) is 99.6 Å². The number of rotatable bonds is 3. The number of anilines is 2. The molecule has 26 heavy (non-hydrogen) atoms. The largest absolute Gasteiger partial charge is 0.294 e. The Balaban J connectivity index is 1.72. The molecule has 0 unspecified atom stereocenters. The van der Waals surface area contributed by atoms with Gasteiger partial charge in [-0.2, -0.15) is 0 Å². The van der Waals surface area contributed by atoms with Crippen molar-refractivity contribution in [2.24, 2.45) is 4.99 Å². The molecule has 0 saturated carbocycles. The molecule has 1 aromatic heterocycles. The maximum atomic E-state index is 12.5. The molecule has 0 spiro atoms. The molecule has 1 aliphatic heterocycles. The van der Waals surface area contributed by atoms with E-state index in [-0.39, 0.29) is 23.7 Å². The zero-order valence-corrected chi connectivity index (χ0v) is 15.8. The molecule has 0 saturated heterocycles. The molecule has 8 nitrogen and oxygen atoms in total. The number of hydrazine groups is 1. The van der Waals surface area contributed by atoms with Gasteiger partial charge in [0.2, 0.25) is 11.0 Å². The first-order chi connectivity index (χ1) is 12.2. The minimum atomic E-state index is -0.466. The van der Waals surface area contributed by atoms with Crippen LogP contribution in [0.5, 0.6) is 0 Å². The second-order valence-corrected chi connectivity index (χ2v) is 7.94. The molecule has 2 N–H and O–H groups in total. The number of carbonyl (C=O) groups excluding carboxylic acids is 2. The van der Waals surface area contributed by atoms with E-state index in [0.29, 0.717) is 10.8 Å². The van der Waals surface area contributed by atoms with Crippen molar-refractivity contribution in [3.63, 3.8) is 0 Å². The van der Waals surface area contributed by atoms with E-state index in [0.717, 1.165) is 10.6 Å². The second-order valence-electron chi connectivity index (χ2n) is 6.96. The lowest BCUT2D eigenvalue weighted by Crippen LogP contribution is -2.54. The predicted octanol–water partition coefficient (Wildman–Crippen LogP) is 2.03. The standard InChI is InChI=1S/C17H20N6O2S/c1-10-5-7-11(8-6-10)23-12(24)9-18-13(22-23)14(25)19-16-21-20-15(26-16)17(2,3)4/h5-8H,9H2,1-4H3,(H,18,22)(H,19,21,25). The normalized spacial score (nSPS) is 14.7. The summed E-state index contributed by atoms with van der Waals surface area (Å²) in [6, 6.07) is 7.40. The third-order valence-electron chi connectivity index (χ3n) is 3.63. The number of aliphatic imine (C=N–C) groups is 1. The summed E-state index contributed by atoms with van der Waals surface area (Å²) < 4.78 is 0. The van der Waals surface area contributed by atoms with Crippen LogP contribution in [0.25, 0.3) is 0 Å². The molecule has 2 amide bonds. The molecule has 0 bridgehead atoms. The number of carbonyl (C=O) groups is 2. The Morgan fingerprint density at radius 2 is 1.92 bits per heavy atom. The molecule has 0 atom stereocenters. The van der Waals surface area contributed by atoms with Crippen molar-refractivity contribution in [1.29, 1.82) is 0 Å². The zero-order chi connectivity index (χ0) is 18.9. The van der Waals surface area contributed by atoms with Gasteiger partial charge in [-0.1, -0.05) is 49.8 Å². The van der Waals surface area contributed by atoms with Gasteiger partial charge < -0.3 is 0 Å². The van der Waals surface area contributed by atoms with E-state index in [1.54, 1.807) is 12.1 Å². The number of hydrogen-bond acceptors (Lipinski definition) is 7. The maximum absolute atomic E-state index is 12.5. The van der Waals surface area contributed by atoms with Gasteiger partial charge in [0.1, 0.15) is 11.6 Å². The molecule has 0 fully saturated rings. The van der Waals surface area contributed by atoms with Gasteiger partial charge in [-0.15, -0.1) is 10.2 Å². The minimum absolute atomic E-state index is 0.0534. The molecule has 3 rings (SSSR count). The average Bonchev–Trinajstić information content (AvgIpc) is 3.05. The number of aryl methyl sites for hydroxylation is 1. The fraction of sp³-hybridized carbons (Fsp3) is 0.353. The number of hydrogen-bond donors (Lipinski definition) is 2. The number of amides is 2. The van der Waals surface area contributed by atoms with Crippen LogP contribution in [0.3, 0.4) is 0 Å². The van der Waals surface area contributed by atoms with Gasteiger partial charge in [0.25, 0.3) is 11.8 Å². The van der Waals surface area contributed by atoms with Gasteiger partial charge >= 0.3 is 0 Å². The summed E-state index contributed by atoms with van der Waals surface area (Å²) in [4.78, 5) is 28.6. The lowest BCUT2D eigenvalue weighted by atomic mass is 9.98. The molecule has 2 heterocycles. The van der Waals surface area contributed by atoms with E-state index in [2.05, 4.69) is 25.9 Å². The van der Waals surface area contributed by atoms with Crippen molar-refractivity contribution in [1.82, 2.24) is 15.6 Å². The molecule has 9 heteroatoms. The lowest BCUT2D eigenvalue weighted by Gasteiger charge is -2.27. The zero-order valence-electron chi connectivity index (χ0n) is 15.0. The summed E-state index contributed by atoms with van der Waals surface area (Å²) in [5, 5.41) is 13.3. The summed E-state index contributed by atoms with van der Waals surface area (Å²) in [5.41, 5.74) is 4.36. The SMILES string of the molecule is Cc1ccc(N2NC(C(=O)Nc3nnc(C(C)(C)C)s3)=NCC2=O)cc1. The highest BCUT2D eigenvalue weighted by Crippen LogP contribution is 2.27. The number of aromatic nitrogens is 2. The Bertz CT molecular complexity index is 866. The molecule has 1 aliphatic rings. The Morgan fingerprint density at radius 1 is 1.23 bits per heavy atom. The fourth-order valence-corrected chi connectivity index (χ4v) is 2.98. The first-order valence-corrected chi connectivity index (χ1v) is 8.92. The van der Waals surface area contributed by atoms with Crippen molar-refractivity contribution in [3.05, 3.63) is 34.8 Å². The van der Waals surface area contributed by atoms with Gasteiger partial charge in [-0.25, -0.2) is 5.01 Å². The van der Waals surface area contributed by atoms with Crippen molar-refractivity contribution in [2.45, 2.75) is 33.1 Å². The first kappa shape index (κ1) is 18.0. The Morgan fingerprint density at radius 3 is 2.54 bits per heavy atom. The molecule has 1 aromatic carbocycles. The van der Waals surface area contributed by atoms with Gasteiger partial charge in [-0.05, 0) is 19.1 Å². The van der Waals surface area contributed by atoms with Gasteiger partial charge in [0.15, 0.2) is 0 Å². The van der Waals surface area contributed by atoms with Crippen molar-refractivity contribution in [3.8, 4) is 0 Å². The monoisotopic (exact) mass is 372 g/mol. The maximum Gasteiger partial charge on any atom is 0.294 e. The highest BCUT2D eigenvalue weighted by molar-refractivity contribution is 7.15. The highest BCUT2D eigenvalue weighted by atomic mass is 32.1. The molecule has 2 aromatic rings. The van der Waals surface area contributed by atoms with Crippen LogP contribution < -0.4 is 15.8 Å². The van der Waals surface area contributed by atoms with E-state index < -0.39 is 5.91 Å². The van der Waals surface area contributed by atoms with Crippen LogP contribution in [-0.4, -0.2) is 34.4 Å². The van der Waals surface area contributed by atoms with E-state index >= 15 is 0 Å². The summed E-state index contributed by atoms with van der Waals surface area (Å²) in [5.74, 6) is -0.653. The van der Waals surface area contributed by atoms with Crippen molar-refractivity contribution in [2.75, 3.05) is 16.9 Å². The van der Waals surface area contributed by atoms with Crippen LogP contribution in [0.2, 0.25) is 0 Å². The van der Waals surface area contributed by atoms with Crippen LogP contribution in [0.15, 0.2) is 29.3 Å². The lowest BCUT2D eigenvalue weighted by molar-refractivity contribution is -0.118. The molecule has 0 aliphatic carbocycles. The smallest absolute Gasteiger partial charge is 0.294 e. The first-order valence-electron chi connectivity index (χ1n) is 8.10. The molecule has 0 radical (unpaired) electrons. The van der Waals surface area contributed by atoms with Crippen LogP contribution in [-0.2, 0) is 15.0 Å². The summed E-state index contributed by atoms with van der Waals surface area (Å²) in [7, 11) is 0. The van der Waals surface area contributed by atoms with E-state index in [1.807, 2.05) is 39.8 Å². The summed E-state index contributed by atoms with van der Waals surface area (Å²) >= 11 is 1.31. The molecular formula is C17H20N6O2S. The van der Waals surface area contributed by atoms with E-state index in [4.69, 9.17) is 0 Å². The number of nitrogens with one attached hydrogen (secondary N) is 2. The third kappa shape index (κ3) is 3.88. The summed E-state index contributed by atoms with van der Waals surface area (Å²) in [6.07, 6.45) is 0. The average molecular weight is 372 g/mol. The van der Waals surface area contributed by atoms with Gasteiger partial charge in [0.05, 0.1) is 5.69 Å². The van der Waals surface area contributed by atoms with E-state index in [9.17, 15) is 9.59 Å². The number of nitrogens with zero attached hydrogens (tertiary/aromatic N) is 4. The van der Waals surface area contributed by atoms with Crippen LogP contribution in [0, 0.1) is 6.92 Å². The predicted molar refractivity (Wildman–Crippen MR) is 101 cm³/mol. The number of benzene rings is 1. The molecule has 136 valence electrons. The highest BCUT2D eigenvalue weighted by Gasteiger charge is 2.27. The Hall–Kier alpha value is -2.81. The van der Waals surface area contributed by atoms with Gasteiger partial charge in [-0.3, -0.25) is 25.3 Å². The fourth-order valence-electron chi connectivity index (χ4n) is 2.18. The third-order valence-corrected chi connectivity index (χ3v) is 4.90. The van der Waals surface area contributed by atoms with Gasteiger partial charge in [0, 0.05) is 5.41 Å². The van der Waals surface area contributed by atoms with Crippen molar-refractivity contribution < 1.29 is 9.59 Å². The van der Waals surface area contributed by atoms with Crippen LogP contribution in [0.4, 0.5) is 10.8 Å². The quantitative estimate of drug-likeness (QED) is 0.859. The van der Waals surface area contributed by atoms with E-state index in [1.165, 1.54) is 16.3 Å². The minimum Gasteiger partial charge on any atom is -0.294 e. The Kier molecular flexibility index (Phi) is 4.73. The van der Waals surface area contributed by atoms with Crippen LogP contribution in [0.1, 0.15) is 31.3 Å². The van der Waals surface area contributed by atoms with Crippen LogP contribution >= 0.6 is 11.3 Å².